The van der Waals surface area contributed by atoms with E-state index in [1.54, 1.807) is 24.3 Å². The molecular formula is C17H23N5O2. The summed E-state index contributed by atoms with van der Waals surface area (Å²) in [7, 11) is 1.60. The van der Waals surface area contributed by atoms with Gasteiger partial charge in [-0.25, -0.2) is 0 Å². The fraction of sp³-hybridized carbons (Fsp3) is 0.471. The van der Waals surface area contributed by atoms with E-state index in [1.807, 2.05) is 18.2 Å². The van der Waals surface area contributed by atoms with Gasteiger partial charge >= 0.3 is 0 Å². The summed E-state index contributed by atoms with van der Waals surface area (Å²) in [6.45, 7) is 2.40. The van der Waals surface area contributed by atoms with E-state index in [2.05, 4.69) is 20.4 Å². The molecule has 1 saturated heterocycles. The van der Waals surface area contributed by atoms with Crippen LogP contribution in [0.1, 0.15) is 25.7 Å². The van der Waals surface area contributed by atoms with E-state index in [9.17, 15) is 4.79 Å². The molecule has 1 aliphatic rings. The molecule has 0 saturated carbocycles. The minimum absolute atomic E-state index is 0.0175. The normalized spacial score (nSPS) is 15.7. The first-order valence-electron chi connectivity index (χ1n) is 8.31. The zero-order valence-corrected chi connectivity index (χ0v) is 13.9. The first-order valence-corrected chi connectivity index (χ1v) is 8.31. The van der Waals surface area contributed by atoms with Crippen LogP contribution in [0.4, 0.5) is 5.69 Å². The zero-order valence-electron chi connectivity index (χ0n) is 13.9. The Morgan fingerprint density at radius 3 is 2.54 bits per heavy atom. The average molecular weight is 329 g/mol. The highest BCUT2D eigenvalue weighted by atomic mass is 16.5. The number of likely N-dealkylation sites (tertiary alicyclic amines) is 1. The molecule has 1 aromatic carbocycles. The van der Waals surface area contributed by atoms with Gasteiger partial charge in [-0.3, -0.25) is 14.3 Å². The summed E-state index contributed by atoms with van der Waals surface area (Å²) in [5.41, 5.74) is 1.52. The minimum Gasteiger partial charge on any atom is -0.495 e. The lowest BCUT2D eigenvalue weighted by Gasteiger charge is -2.19. The molecule has 1 aromatic heterocycles. The van der Waals surface area contributed by atoms with Crippen LogP contribution in [0.5, 0.6) is 5.75 Å². The van der Waals surface area contributed by atoms with Crippen molar-refractivity contribution < 1.29 is 9.53 Å². The molecule has 7 heteroatoms. The lowest BCUT2D eigenvalue weighted by molar-refractivity contribution is -0.117. The van der Waals surface area contributed by atoms with Gasteiger partial charge in [0.25, 0.3) is 0 Å². The van der Waals surface area contributed by atoms with Gasteiger partial charge in [0.05, 0.1) is 25.0 Å². The molecule has 128 valence electrons. The predicted molar refractivity (Wildman–Crippen MR) is 91.4 cm³/mol. The van der Waals surface area contributed by atoms with Crippen LogP contribution in [0, 0.1) is 0 Å². The number of methoxy groups -OCH3 is 1. The molecule has 1 N–H and O–H groups in total. The molecule has 0 spiro atoms. The highest BCUT2D eigenvalue weighted by Crippen LogP contribution is 2.27. The summed E-state index contributed by atoms with van der Waals surface area (Å²) in [6.07, 6.45) is 8.08. The fourth-order valence-electron chi connectivity index (χ4n) is 2.98. The first-order chi connectivity index (χ1) is 11.8. The molecule has 2 heterocycles. The van der Waals surface area contributed by atoms with Crippen LogP contribution in [-0.4, -0.2) is 52.3 Å². The van der Waals surface area contributed by atoms with E-state index in [0.29, 0.717) is 18.0 Å². The van der Waals surface area contributed by atoms with Crippen molar-refractivity contribution >= 4 is 11.6 Å². The second-order valence-corrected chi connectivity index (χ2v) is 5.99. The van der Waals surface area contributed by atoms with E-state index in [0.717, 1.165) is 18.8 Å². The van der Waals surface area contributed by atoms with Crippen LogP contribution >= 0.6 is 0 Å². The third-order valence-electron chi connectivity index (χ3n) is 4.24. The molecule has 1 fully saturated rings. The first kappa shape index (κ1) is 16.4. The summed E-state index contributed by atoms with van der Waals surface area (Å²) in [5, 5.41) is 10.6. The van der Waals surface area contributed by atoms with E-state index in [-0.39, 0.29) is 5.91 Å². The molecule has 0 atom stereocenters. The number of carbonyl (C=O) groups excluding carboxylic acids is 1. The minimum atomic E-state index is -0.0175. The van der Waals surface area contributed by atoms with Crippen molar-refractivity contribution in [2.24, 2.45) is 0 Å². The monoisotopic (exact) mass is 329 g/mol. The topological polar surface area (TPSA) is 72.3 Å². The van der Waals surface area contributed by atoms with Gasteiger partial charge in [-0.1, -0.05) is 12.8 Å². The van der Waals surface area contributed by atoms with Crippen molar-refractivity contribution in [1.82, 2.24) is 19.7 Å². The molecule has 0 unspecified atom stereocenters. The number of rotatable bonds is 5. The second kappa shape index (κ2) is 7.92. The van der Waals surface area contributed by atoms with Crippen LogP contribution in [0.25, 0.3) is 5.69 Å². The fourth-order valence-corrected chi connectivity index (χ4v) is 2.98. The van der Waals surface area contributed by atoms with Crippen LogP contribution in [0.2, 0.25) is 0 Å². The standard InChI is InChI=1S/C17H23N5O2/c1-24-16-7-6-14(22-12-18-19-13-22)10-15(16)20-17(23)11-21-8-4-2-3-5-9-21/h6-7,10,12-13H,2-5,8-9,11H2,1H3,(H,20,23). The summed E-state index contributed by atoms with van der Waals surface area (Å²) in [4.78, 5) is 14.6. The zero-order chi connectivity index (χ0) is 16.8. The number of amides is 1. The van der Waals surface area contributed by atoms with Crippen molar-refractivity contribution in [3.8, 4) is 11.4 Å². The maximum absolute atomic E-state index is 12.4. The quantitative estimate of drug-likeness (QED) is 0.909. The Morgan fingerprint density at radius 1 is 1.17 bits per heavy atom. The molecule has 3 rings (SSSR count). The summed E-state index contributed by atoms with van der Waals surface area (Å²) < 4.78 is 7.14. The van der Waals surface area contributed by atoms with Crippen LogP contribution in [-0.2, 0) is 4.79 Å². The van der Waals surface area contributed by atoms with Crippen LogP contribution in [0.15, 0.2) is 30.9 Å². The van der Waals surface area contributed by atoms with E-state index < -0.39 is 0 Å². The molecule has 7 nitrogen and oxygen atoms in total. The lowest BCUT2D eigenvalue weighted by atomic mass is 10.2. The maximum atomic E-state index is 12.4. The van der Waals surface area contributed by atoms with Gasteiger partial charge in [-0.2, -0.15) is 0 Å². The number of nitrogens with one attached hydrogen (secondary N) is 1. The highest BCUT2D eigenvalue weighted by molar-refractivity contribution is 5.94. The van der Waals surface area contributed by atoms with Gasteiger partial charge in [0.1, 0.15) is 18.4 Å². The third-order valence-corrected chi connectivity index (χ3v) is 4.24. The number of ether oxygens (including phenoxy) is 1. The third kappa shape index (κ3) is 4.11. The molecule has 0 radical (unpaired) electrons. The lowest BCUT2D eigenvalue weighted by Crippen LogP contribution is -2.34. The van der Waals surface area contributed by atoms with E-state index in [4.69, 9.17) is 4.74 Å². The second-order valence-electron chi connectivity index (χ2n) is 5.99. The van der Waals surface area contributed by atoms with Crippen LogP contribution in [0.3, 0.4) is 0 Å². The molecule has 0 bridgehead atoms. The van der Waals surface area contributed by atoms with E-state index in [1.165, 1.54) is 25.7 Å². The molecular weight excluding hydrogens is 306 g/mol. The molecule has 1 aliphatic heterocycles. The Morgan fingerprint density at radius 2 is 1.88 bits per heavy atom. The SMILES string of the molecule is COc1ccc(-n2cnnc2)cc1NC(=O)CN1CCCCCC1. The van der Waals surface area contributed by atoms with Crippen molar-refractivity contribution in [1.29, 1.82) is 0 Å². The van der Waals surface area contributed by atoms with Crippen molar-refractivity contribution in [2.45, 2.75) is 25.7 Å². The smallest absolute Gasteiger partial charge is 0.238 e. The number of hydrogen-bond acceptors (Lipinski definition) is 5. The average Bonchev–Trinajstić information content (AvgIpc) is 3.01. The van der Waals surface area contributed by atoms with Gasteiger partial charge in [0.2, 0.25) is 5.91 Å². The number of carbonyl (C=O) groups is 1. The van der Waals surface area contributed by atoms with Crippen molar-refractivity contribution in [2.75, 3.05) is 32.1 Å². The Bertz CT molecular complexity index is 664. The Balaban J connectivity index is 1.70. The Labute approximate surface area is 141 Å². The Kier molecular flexibility index (Phi) is 5.43. The van der Waals surface area contributed by atoms with Gasteiger partial charge in [0.15, 0.2) is 0 Å². The molecule has 0 aliphatic carbocycles. The predicted octanol–water partition coefficient (Wildman–Crippen LogP) is 2.09. The van der Waals surface area contributed by atoms with Crippen molar-refractivity contribution in [3.05, 3.63) is 30.9 Å². The number of benzene rings is 1. The molecule has 24 heavy (non-hydrogen) atoms. The summed E-state index contributed by atoms with van der Waals surface area (Å²) in [5.74, 6) is 0.618. The van der Waals surface area contributed by atoms with Crippen LogP contribution < -0.4 is 10.1 Å². The van der Waals surface area contributed by atoms with Gasteiger partial charge < -0.3 is 10.1 Å². The summed E-state index contributed by atoms with van der Waals surface area (Å²) >= 11 is 0. The van der Waals surface area contributed by atoms with Crippen molar-refractivity contribution in [3.63, 3.8) is 0 Å². The number of anilines is 1. The molecule has 2 aromatic rings. The number of aromatic nitrogens is 3. The van der Waals surface area contributed by atoms with E-state index >= 15 is 0 Å². The Hall–Kier alpha value is -2.41. The van der Waals surface area contributed by atoms with Gasteiger partial charge in [0, 0.05) is 0 Å². The number of hydrogen-bond donors (Lipinski definition) is 1. The van der Waals surface area contributed by atoms with Gasteiger partial charge in [-0.15, -0.1) is 10.2 Å². The maximum Gasteiger partial charge on any atom is 0.238 e. The largest absolute Gasteiger partial charge is 0.495 e. The number of nitrogens with zero attached hydrogens (tertiary/aromatic N) is 4. The van der Waals surface area contributed by atoms with Gasteiger partial charge in [-0.05, 0) is 44.1 Å². The highest BCUT2D eigenvalue weighted by Gasteiger charge is 2.15. The molecule has 1 amide bonds. The summed E-state index contributed by atoms with van der Waals surface area (Å²) in [6, 6.07) is 5.59.